The van der Waals surface area contributed by atoms with Crippen molar-refractivity contribution in [3.8, 4) is 0 Å². The topological polar surface area (TPSA) is 43.4 Å². The van der Waals surface area contributed by atoms with E-state index in [4.69, 9.17) is 4.74 Å². The Bertz CT molecular complexity index is 154. The second-order valence-corrected chi connectivity index (χ2v) is 3.15. The Balaban J connectivity index is 3.32. The second-order valence-electron chi connectivity index (χ2n) is 3.15. The fraction of sp³-hybridized carbons (Fsp3) is 0.800. The molecule has 0 aromatic rings. The molecule has 0 bridgehead atoms. The highest BCUT2D eigenvalue weighted by Gasteiger charge is 2.11. The summed E-state index contributed by atoms with van der Waals surface area (Å²) in [6.07, 6.45) is 4.91. The Labute approximate surface area is 79.5 Å². The predicted molar refractivity (Wildman–Crippen MR) is 50.3 cm³/mol. The smallest absolute Gasteiger partial charge is 0.315 e. The first-order valence-electron chi connectivity index (χ1n) is 4.84. The molecular weight excluding hydrogens is 168 g/mol. The molecule has 0 aliphatic carbocycles. The van der Waals surface area contributed by atoms with Gasteiger partial charge < -0.3 is 9.53 Å². The standard InChI is InChI=1S/C10H18O3/c1-3-4-5-6-7-13-10(12)9(2)8-11/h8-9H,3-7H2,1-2H3. The molecule has 0 aromatic carbocycles. The predicted octanol–water partition coefficient (Wildman–Crippen LogP) is 1.94. The Morgan fingerprint density at radius 1 is 1.38 bits per heavy atom. The van der Waals surface area contributed by atoms with Gasteiger partial charge in [0, 0.05) is 0 Å². The third-order valence-corrected chi connectivity index (χ3v) is 1.82. The Kier molecular flexibility index (Phi) is 7.26. The van der Waals surface area contributed by atoms with Crippen molar-refractivity contribution in [3.05, 3.63) is 0 Å². The monoisotopic (exact) mass is 186 g/mol. The number of hydrogen-bond acceptors (Lipinski definition) is 3. The first-order valence-corrected chi connectivity index (χ1v) is 4.84. The number of aldehydes is 1. The third kappa shape index (κ3) is 6.31. The molecule has 0 aliphatic rings. The molecule has 0 spiro atoms. The fourth-order valence-electron chi connectivity index (χ4n) is 0.889. The molecule has 76 valence electrons. The van der Waals surface area contributed by atoms with Crippen LogP contribution in [0.1, 0.15) is 39.5 Å². The zero-order valence-corrected chi connectivity index (χ0v) is 8.41. The summed E-state index contributed by atoms with van der Waals surface area (Å²) in [6.45, 7) is 4.11. The minimum Gasteiger partial charge on any atom is -0.465 e. The van der Waals surface area contributed by atoms with E-state index in [1.165, 1.54) is 12.8 Å². The van der Waals surface area contributed by atoms with Crippen molar-refractivity contribution in [2.24, 2.45) is 5.92 Å². The summed E-state index contributed by atoms with van der Waals surface area (Å²) in [4.78, 5) is 21.1. The lowest BCUT2D eigenvalue weighted by Crippen LogP contribution is -2.16. The van der Waals surface area contributed by atoms with Crippen LogP contribution in [0.25, 0.3) is 0 Å². The number of carbonyl (C=O) groups excluding carboxylic acids is 2. The average molecular weight is 186 g/mol. The highest BCUT2D eigenvalue weighted by molar-refractivity contribution is 5.87. The summed E-state index contributed by atoms with van der Waals surface area (Å²) in [6, 6.07) is 0. The van der Waals surface area contributed by atoms with Gasteiger partial charge in [0.15, 0.2) is 0 Å². The van der Waals surface area contributed by atoms with Crippen LogP contribution >= 0.6 is 0 Å². The summed E-state index contributed by atoms with van der Waals surface area (Å²) in [5, 5.41) is 0. The minimum absolute atomic E-state index is 0.411. The molecule has 0 fully saturated rings. The lowest BCUT2D eigenvalue weighted by Gasteiger charge is -2.05. The molecule has 1 atom stereocenters. The van der Waals surface area contributed by atoms with Gasteiger partial charge in [-0.25, -0.2) is 0 Å². The molecule has 0 aliphatic heterocycles. The maximum absolute atomic E-state index is 11.0. The third-order valence-electron chi connectivity index (χ3n) is 1.82. The Morgan fingerprint density at radius 2 is 2.08 bits per heavy atom. The van der Waals surface area contributed by atoms with Crippen molar-refractivity contribution in [2.45, 2.75) is 39.5 Å². The molecule has 0 saturated heterocycles. The Morgan fingerprint density at radius 3 is 2.62 bits per heavy atom. The van der Waals surface area contributed by atoms with E-state index in [-0.39, 0.29) is 0 Å². The Hall–Kier alpha value is -0.860. The van der Waals surface area contributed by atoms with Crippen LogP contribution < -0.4 is 0 Å². The van der Waals surface area contributed by atoms with Gasteiger partial charge >= 0.3 is 5.97 Å². The van der Waals surface area contributed by atoms with Crippen LogP contribution in [-0.4, -0.2) is 18.9 Å². The maximum atomic E-state index is 11.0. The van der Waals surface area contributed by atoms with Gasteiger partial charge in [-0.3, -0.25) is 4.79 Å². The van der Waals surface area contributed by atoms with E-state index >= 15 is 0 Å². The minimum atomic E-state index is -0.619. The summed E-state index contributed by atoms with van der Waals surface area (Å²) >= 11 is 0. The number of carbonyl (C=O) groups is 2. The zero-order chi connectivity index (χ0) is 10.1. The fourth-order valence-corrected chi connectivity index (χ4v) is 0.889. The number of unbranched alkanes of at least 4 members (excludes halogenated alkanes) is 3. The van der Waals surface area contributed by atoms with Gasteiger partial charge in [-0.2, -0.15) is 0 Å². The molecule has 3 nitrogen and oxygen atoms in total. The summed E-state index contributed by atoms with van der Waals surface area (Å²) < 4.78 is 4.87. The van der Waals surface area contributed by atoms with E-state index in [2.05, 4.69) is 6.92 Å². The maximum Gasteiger partial charge on any atom is 0.315 e. The summed E-state index contributed by atoms with van der Waals surface area (Å²) in [5.74, 6) is -1.03. The van der Waals surface area contributed by atoms with Crippen molar-refractivity contribution in [3.63, 3.8) is 0 Å². The molecule has 0 heterocycles. The van der Waals surface area contributed by atoms with Crippen molar-refractivity contribution >= 4 is 12.3 Å². The van der Waals surface area contributed by atoms with Crippen LogP contribution in [0.3, 0.4) is 0 Å². The van der Waals surface area contributed by atoms with Crippen LogP contribution in [0.15, 0.2) is 0 Å². The first kappa shape index (κ1) is 12.1. The van der Waals surface area contributed by atoms with E-state index < -0.39 is 11.9 Å². The average Bonchev–Trinajstić information content (AvgIpc) is 2.16. The SMILES string of the molecule is CCCCCCOC(=O)C(C)C=O. The number of esters is 1. The van der Waals surface area contributed by atoms with E-state index in [0.717, 1.165) is 12.8 Å². The zero-order valence-electron chi connectivity index (χ0n) is 8.41. The molecular formula is C10H18O3. The first-order chi connectivity index (χ1) is 6.22. The largest absolute Gasteiger partial charge is 0.465 e. The quantitative estimate of drug-likeness (QED) is 0.264. The normalized spacial score (nSPS) is 12.2. The van der Waals surface area contributed by atoms with Crippen molar-refractivity contribution in [1.29, 1.82) is 0 Å². The second kappa shape index (κ2) is 7.77. The summed E-state index contributed by atoms with van der Waals surface area (Å²) in [7, 11) is 0. The molecule has 13 heavy (non-hydrogen) atoms. The molecule has 0 amide bonds. The molecule has 0 rings (SSSR count). The highest BCUT2D eigenvalue weighted by Crippen LogP contribution is 2.01. The van der Waals surface area contributed by atoms with E-state index in [9.17, 15) is 9.59 Å². The van der Waals surface area contributed by atoms with Gasteiger partial charge in [-0.15, -0.1) is 0 Å². The number of hydrogen-bond donors (Lipinski definition) is 0. The van der Waals surface area contributed by atoms with Crippen LogP contribution in [0.5, 0.6) is 0 Å². The van der Waals surface area contributed by atoms with Gasteiger partial charge in [0.25, 0.3) is 0 Å². The van der Waals surface area contributed by atoms with Gasteiger partial charge in [0.1, 0.15) is 12.2 Å². The number of rotatable bonds is 7. The molecule has 1 unspecified atom stereocenters. The van der Waals surface area contributed by atoms with Crippen molar-refractivity contribution in [2.75, 3.05) is 6.61 Å². The molecule has 3 heteroatoms. The van der Waals surface area contributed by atoms with Crippen LogP contribution in [-0.2, 0) is 14.3 Å². The van der Waals surface area contributed by atoms with Gasteiger partial charge in [-0.1, -0.05) is 26.2 Å². The number of ether oxygens (including phenoxy) is 1. The van der Waals surface area contributed by atoms with E-state index in [1.54, 1.807) is 6.92 Å². The van der Waals surface area contributed by atoms with Crippen LogP contribution in [0.4, 0.5) is 0 Å². The highest BCUT2D eigenvalue weighted by atomic mass is 16.5. The van der Waals surface area contributed by atoms with Gasteiger partial charge in [0.05, 0.1) is 6.61 Å². The van der Waals surface area contributed by atoms with Gasteiger partial charge in [0.2, 0.25) is 0 Å². The van der Waals surface area contributed by atoms with Crippen LogP contribution in [0, 0.1) is 5.92 Å². The molecule has 0 saturated carbocycles. The van der Waals surface area contributed by atoms with E-state index in [1.807, 2.05) is 0 Å². The molecule has 0 radical (unpaired) electrons. The summed E-state index contributed by atoms with van der Waals surface area (Å²) in [5.41, 5.74) is 0. The van der Waals surface area contributed by atoms with Gasteiger partial charge in [-0.05, 0) is 13.3 Å². The lowest BCUT2D eigenvalue weighted by molar-refractivity contribution is -0.149. The molecule has 0 aromatic heterocycles. The molecule has 0 N–H and O–H groups in total. The van der Waals surface area contributed by atoms with Crippen molar-refractivity contribution in [1.82, 2.24) is 0 Å². The lowest BCUT2D eigenvalue weighted by atomic mass is 10.2. The van der Waals surface area contributed by atoms with Crippen molar-refractivity contribution < 1.29 is 14.3 Å². The van der Waals surface area contributed by atoms with Crippen LogP contribution in [0.2, 0.25) is 0 Å². The van der Waals surface area contributed by atoms with E-state index in [0.29, 0.717) is 12.9 Å².